The molecule has 0 aliphatic heterocycles. The molecule has 4 aromatic rings. The van der Waals surface area contributed by atoms with Crippen molar-refractivity contribution in [2.75, 3.05) is 5.32 Å². The van der Waals surface area contributed by atoms with E-state index in [2.05, 4.69) is 30.0 Å². The summed E-state index contributed by atoms with van der Waals surface area (Å²) in [6, 6.07) is 15.7. The highest BCUT2D eigenvalue weighted by Gasteiger charge is 2.26. The molecule has 1 aliphatic carbocycles. The number of aryl methyl sites for hydroxylation is 1. The summed E-state index contributed by atoms with van der Waals surface area (Å²) >= 11 is 0. The van der Waals surface area contributed by atoms with Gasteiger partial charge in [-0.25, -0.2) is 0 Å². The average molecular weight is 396 g/mol. The van der Waals surface area contributed by atoms with Gasteiger partial charge in [0.25, 0.3) is 5.91 Å². The molecule has 0 bridgehead atoms. The van der Waals surface area contributed by atoms with Crippen molar-refractivity contribution in [2.24, 2.45) is 0 Å². The number of anilines is 1. The standard InChI is InChI=1S/C23H20N6O/c1-15-20(6-3-10-24-15)16-9-11-25-21(13-16)23(30)27-18-5-2-4-17(12-18)22-28-26-14-29(22)19-7-8-19/h2-6,9-14,19H,7-8H2,1H3,(H,27,30). The fourth-order valence-electron chi connectivity index (χ4n) is 3.51. The molecule has 7 heteroatoms. The largest absolute Gasteiger partial charge is 0.321 e. The molecule has 1 saturated carbocycles. The summed E-state index contributed by atoms with van der Waals surface area (Å²) in [6.45, 7) is 1.95. The van der Waals surface area contributed by atoms with Gasteiger partial charge in [0.05, 0.1) is 0 Å². The minimum atomic E-state index is -0.265. The van der Waals surface area contributed by atoms with Crippen molar-refractivity contribution in [1.29, 1.82) is 0 Å². The Kier molecular flexibility index (Phi) is 4.55. The van der Waals surface area contributed by atoms with Gasteiger partial charge in [-0.1, -0.05) is 18.2 Å². The van der Waals surface area contributed by atoms with E-state index in [1.807, 2.05) is 49.4 Å². The Morgan fingerprint density at radius 3 is 2.77 bits per heavy atom. The Morgan fingerprint density at radius 2 is 1.93 bits per heavy atom. The van der Waals surface area contributed by atoms with E-state index in [1.54, 1.807) is 24.8 Å². The summed E-state index contributed by atoms with van der Waals surface area (Å²) in [4.78, 5) is 21.4. The molecule has 3 aromatic heterocycles. The molecule has 0 saturated heterocycles. The Bertz CT molecular complexity index is 1230. The van der Waals surface area contributed by atoms with Crippen LogP contribution in [-0.4, -0.2) is 30.6 Å². The molecule has 0 spiro atoms. The lowest BCUT2D eigenvalue weighted by molar-refractivity contribution is 0.102. The van der Waals surface area contributed by atoms with E-state index in [4.69, 9.17) is 0 Å². The summed E-state index contributed by atoms with van der Waals surface area (Å²) in [6.07, 6.45) is 7.48. The Hall–Kier alpha value is -3.87. The summed E-state index contributed by atoms with van der Waals surface area (Å²) in [7, 11) is 0. The highest BCUT2D eigenvalue weighted by Crippen LogP contribution is 2.37. The van der Waals surface area contributed by atoms with Crippen LogP contribution >= 0.6 is 0 Å². The minimum Gasteiger partial charge on any atom is -0.321 e. The van der Waals surface area contributed by atoms with Crippen LogP contribution in [0.5, 0.6) is 0 Å². The normalized spacial score (nSPS) is 13.2. The SMILES string of the molecule is Cc1ncccc1-c1ccnc(C(=O)Nc2cccc(-c3nncn3C3CC3)c2)c1. The first-order valence-electron chi connectivity index (χ1n) is 9.88. The van der Waals surface area contributed by atoms with Gasteiger partial charge >= 0.3 is 0 Å². The Morgan fingerprint density at radius 1 is 1.03 bits per heavy atom. The van der Waals surface area contributed by atoms with Crippen molar-refractivity contribution in [3.05, 3.63) is 78.6 Å². The Balaban J connectivity index is 1.39. The quantitative estimate of drug-likeness (QED) is 0.544. The van der Waals surface area contributed by atoms with Gasteiger partial charge in [-0.2, -0.15) is 0 Å². The number of benzene rings is 1. The zero-order valence-electron chi connectivity index (χ0n) is 16.5. The molecule has 5 rings (SSSR count). The van der Waals surface area contributed by atoms with Crippen LogP contribution in [0.4, 0.5) is 5.69 Å². The number of carbonyl (C=O) groups is 1. The molecule has 1 aromatic carbocycles. The number of aromatic nitrogens is 5. The second-order valence-electron chi connectivity index (χ2n) is 7.39. The first-order valence-corrected chi connectivity index (χ1v) is 9.88. The van der Waals surface area contributed by atoms with Crippen molar-refractivity contribution >= 4 is 11.6 Å². The van der Waals surface area contributed by atoms with E-state index in [1.165, 1.54) is 0 Å². The lowest BCUT2D eigenvalue weighted by Gasteiger charge is -2.09. The molecule has 7 nitrogen and oxygen atoms in total. The summed E-state index contributed by atoms with van der Waals surface area (Å²) in [5.74, 6) is 0.556. The van der Waals surface area contributed by atoms with E-state index in [0.717, 1.165) is 41.1 Å². The number of hydrogen-bond acceptors (Lipinski definition) is 5. The van der Waals surface area contributed by atoms with Crippen LogP contribution in [0.2, 0.25) is 0 Å². The first-order chi connectivity index (χ1) is 14.7. The molecule has 1 amide bonds. The van der Waals surface area contributed by atoms with E-state index >= 15 is 0 Å². The topological polar surface area (TPSA) is 85.6 Å². The number of pyridine rings is 2. The zero-order chi connectivity index (χ0) is 20.5. The van der Waals surface area contributed by atoms with Gasteiger partial charge in [0.2, 0.25) is 0 Å². The molecular weight excluding hydrogens is 376 g/mol. The molecule has 1 fully saturated rings. The predicted molar refractivity (Wildman–Crippen MR) is 114 cm³/mol. The zero-order valence-corrected chi connectivity index (χ0v) is 16.5. The molecule has 1 aliphatic rings. The fourth-order valence-corrected chi connectivity index (χ4v) is 3.51. The van der Waals surface area contributed by atoms with E-state index in [-0.39, 0.29) is 5.91 Å². The van der Waals surface area contributed by atoms with Crippen molar-refractivity contribution in [1.82, 2.24) is 24.7 Å². The molecule has 1 N–H and O–H groups in total. The maximum Gasteiger partial charge on any atom is 0.274 e. The van der Waals surface area contributed by atoms with Gasteiger partial charge in [0, 0.05) is 40.9 Å². The van der Waals surface area contributed by atoms with Crippen LogP contribution in [0.3, 0.4) is 0 Å². The predicted octanol–water partition coefficient (Wildman–Crippen LogP) is 4.30. The van der Waals surface area contributed by atoms with Gasteiger partial charge in [-0.05, 0) is 55.7 Å². The van der Waals surface area contributed by atoms with Gasteiger partial charge in [-0.15, -0.1) is 10.2 Å². The van der Waals surface area contributed by atoms with E-state index < -0.39 is 0 Å². The maximum absolute atomic E-state index is 12.8. The molecular formula is C23H20N6O. The molecule has 0 unspecified atom stereocenters. The average Bonchev–Trinajstić information content (AvgIpc) is 3.50. The summed E-state index contributed by atoms with van der Waals surface area (Å²) < 4.78 is 2.10. The van der Waals surface area contributed by atoms with Crippen LogP contribution in [0.1, 0.15) is 35.1 Å². The van der Waals surface area contributed by atoms with E-state index in [0.29, 0.717) is 17.4 Å². The molecule has 30 heavy (non-hydrogen) atoms. The lowest BCUT2D eigenvalue weighted by Crippen LogP contribution is -2.13. The van der Waals surface area contributed by atoms with Crippen LogP contribution in [0.15, 0.2) is 67.3 Å². The van der Waals surface area contributed by atoms with Crippen LogP contribution in [0.25, 0.3) is 22.5 Å². The van der Waals surface area contributed by atoms with Crippen LogP contribution in [0, 0.1) is 6.92 Å². The number of amides is 1. The van der Waals surface area contributed by atoms with E-state index in [9.17, 15) is 4.79 Å². The summed E-state index contributed by atoms with van der Waals surface area (Å²) in [5, 5.41) is 11.3. The third-order valence-electron chi connectivity index (χ3n) is 5.20. The molecule has 148 valence electrons. The van der Waals surface area contributed by atoms with Crippen molar-refractivity contribution < 1.29 is 4.79 Å². The van der Waals surface area contributed by atoms with Crippen LogP contribution in [-0.2, 0) is 0 Å². The van der Waals surface area contributed by atoms with Gasteiger partial charge in [0.15, 0.2) is 5.82 Å². The monoisotopic (exact) mass is 396 g/mol. The number of nitrogens with one attached hydrogen (secondary N) is 1. The van der Waals surface area contributed by atoms with Crippen molar-refractivity contribution in [3.8, 4) is 22.5 Å². The van der Waals surface area contributed by atoms with Crippen molar-refractivity contribution in [2.45, 2.75) is 25.8 Å². The number of carbonyl (C=O) groups excluding carboxylic acids is 1. The number of rotatable bonds is 5. The second kappa shape index (κ2) is 7.51. The molecule has 3 heterocycles. The van der Waals surface area contributed by atoms with Gasteiger partial charge < -0.3 is 9.88 Å². The molecule has 0 radical (unpaired) electrons. The van der Waals surface area contributed by atoms with Gasteiger partial charge in [0.1, 0.15) is 12.0 Å². The smallest absolute Gasteiger partial charge is 0.274 e. The second-order valence-corrected chi connectivity index (χ2v) is 7.39. The van der Waals surface area contributed by atoms with Crippen molar-refractivity contribution in [3.63, 3.8) is 0 Å². The first kappa shape index (κ1) is 18.2. The highest BCUT2D eigenvalue weighted by atomic mass is 16.1. The van der Waals surface area contributed by atoms with Crippen LogP contribution < -0.4 is 5.32 Å². The Labute approximate surface area is 173 Å². The third kappa shape index (κ3) is 3.57. The maximum atomic E-state index is 12.8. The third-order valence-corrected chi connectivity index (χ3v) is 5.20. The fraction of sp³-hybridized carbons (Fsp3) is 0.174. The number of nitrogens with zero attached hydrogens (tertiary/aromatic N) is 5. The van der Waals surface area contributed by atoms with Gasteiger partial charge in [-0.3, -0.25) is 14.8 Å². The summed E-state index contributed by atoms with van der Waals surface area (Å²) in [5.41, 5.74) is 4.75. The molecule has 0 atom stereocenters. The lowest BCUT2D eigenvalue weighted by atomic mass is 10.0. The minimum absolute atomic E-state index is 0.265. The number of hydrogen-bond donors (Lipinski definition) is 1. The highest BCUT2D eigenvalue weighted by molar-refractivity contribution is 6.03.